The van der Waals surface area contributed by atoms with Crippen LogP contribution in [-0.2, 0) is 0 Å². The Morgan fingerprint density at radius 1 is 1.33 bits per heavy atom. The van der Waals surface area contributed by atoms with E-state index in [0.29, 0.717) is 0 Å². The van der Waals surface area contributed by atoms with Gasteiger partial charge in [0.2, 0.25) is 0 Å². The molecule has 1 atom stereocenters. The minimum Gasteiger partial charge on any atom is -0.0945 e. The quantitative estimate of drug-likeness (QED) is 0.405. The van der Waals surface area contributed by atoms with Crippen molar-refractivity contribution in [2.75, 3.05) is 6.16 Å². The highest BCUT2D eigenvalue weighted by Gasteiger charge is 1.76. The second-order valence-electron chi connectivity index (χ2n) is 1.20. The lowest BCUT2D eigenvalue weighted by molar-refractivity contribution is 1.73. The third kappa shape index (κ3) is 0.948. The molecule has 0 aromatic rings. The second kappa shape index (κ2) is 2.15. The number of rotatable bonds is 0. The summed E-state index contributed by atoms with van der Waals surface area (Å²) in [6, 6.07) is 0. The molecule has 1 heterocycles. The molecule has 0 saturated carbocycles. The van der Waals surface area contributed by atoms with Crippen molar-refractivity contribution in [1.82, 2.24) is 0 Å². The maximum atomic E-state index is 2.21. The van der Waals surface area contributed by atoms with Gasteiger partial charge in [0.05, 0.1) is 0 Å². The summed E-state index contributed by atoms with van der Waals surface area (Å²) in [5.74, 6) is 2.21. The normalized spacial score (nSPS) is 22.7. The predicted octanol–water partition coefficient (Wildman–Crippen LogP) is 1.75. The highest BCUT2D eigenvalue weighted by atomic mass is 31.1. The van der Waals surface area contributed by atoms with E-state index < -0.39 is 0 Å². The fourth-order valence-corrected chi connectivity index (χ4v) is 1.06. The van der Waals surface area contributed by atoms with Crippen LogP contribution in [0.25, 0.3) is 0 Å². The summed E-state index contributed by atoms with van der Waals surface area (Å²) in [7, 11) is 1.03. The molecular weight excluding hydrogens is 91.0 g/mol. The van der Waals surface area contributed by atoms with Gasteiger partial charge in [-0.2, -0.15) is 0 Å². The van der Waals surface area contributed by atoms with Gasteiger partial charge in [-0.15, -0.1) is 0 Å². The van der Waals surface area contributed by atoms with E-state index in [9.17, 15) is 0 Å². The molecule has 0 aromatic heterocycles. The van der Waals surface area contributed by atoms with Gasteiger partial charge in [-0.25, -0.2) is 0 Å². The number of allylic oxidation sites excluding steroid dienone is 3. The largest absolute Gasteiger partial charge is 0.0945 e. The SMILES string of the molecule is C1=CCPC=C1. The third-order valence-electron chi connectivity index (χ3n) is 0.697. The van der Waals surface area contributed by atoms with Crippen molar-refractivity contribution in [1.29, 1.82) is 0 Å². The molecule has 6 heavy (non-hydrogen) atoms. The molecule has 1 rings (SSSR count). The van der Waals surface area contributed by atoms with Gasteiger partial charge in [0.1, 0.15) is 0 Å². The standard InChI is InChI=1S/C5H7P/c1-2-4-6-5-3-1/h1-4,6H,5H2. The van der Waals surface area contributed by atoms with Crippen LogP contribution in [0.1, 0.15) is 0 Å². The molecule has 0 radical (unpaired) electrons. The van der Waals surface area contributed by atoms with E-state index in [1.807, 2.05) is 0 Å². The zero-order valence-corrected chi connectivity index (χ0v) is 4.52. The highest BCUT2D eigenvalue weighted by Crippen LogP contribution is 2.14. The van der Waals surface area contributed by atoms with E-state index in [2.05, 4.69) is 24.0 Å². The molecule has 0 nitrogen and oxygen atoms in total. The Kier molecular flexibility index (Phi) is 1.46. The summed E-state index contributed by atoms with van der Waals surface area (Å²) in [6.45, 7) is 0. The van der Waals surface area contributed by atoms with Crippen molar-refractivity contribution < 1.29 is 0 Å². The minimum absolute atomic E-state index is 1.03. The van der Waals surface area contributed by atoms with Crippen LogP contribution in [0, 0.1) is 0 Å². The summed E-state index contributed by atoms with van der Waals surface area (Å²) >= 11 is 0. The summed E-state index contributed by atoms with van der Waals surface area (Å²) in [4.78, 5) is 0. The molecule has 0 fully saturated rings. The topological polar surface area (TPSA) is 0 Å². The first-order chi connectivity index (χ1) is 3.00. The van der Waals surface area contributed by atoms with Crippen molar-refractivity contribution >= 4 is 8.58 Å². The summed E-state index contributed by atoms with van der Waals surface area (Å²) < 4.78 is 0. The van der Waals surface area contributed by atoms with E-state index in [1.165, 1.54) is 6.16 Å². The van der Waals surface area contributed by atoms with Crippen LogP contribution in [0.15, 0.2) is 24.0 Å². The predicted molar refractivity (Wildman–Crippen MR) is 31.5 cm³/mol. The number of hydrogen-bond donors (Lipinski definition) is 0. The Balaban J connectivity index is 2.46. The van der Waals surface area contributed by atoms with E-state index in [4.69, 9.17) is 0 Å². The van der Waals surface area contributed by atoms with Crippen LogP contribution in [0.5, 0.6) is 0 Å². The molecule has 0 aliphatic carbocycles. The maximum absolute atomic E-state index is 2.21. The third-order valence-corrected chi connectivity index (χ3v) is 1.60. The van der Waals surface area contributed by atoms with Crippen molar-refractivity contribution in [3.63, 3.8) is 0 Å². The lowest BCUT2D eigenvalue weighted by Crippen LogP contribution is -1.64. The van der Waals surface area contributed by atoms with Crippen LogP contribution in [0.4, 0.5) is 0 Å². The first-order valence-corrected chi connectivity index (χ1v) is 3.33. The van der Waals surface area contributed by atoms with E-state index in [1.54, 1.807) is 0 Å². The molecule has 0 saturated heterocycles. The Labute approximate surface area is 39.7 Å². The molecular formula is C5H7P. The number of hydrogen-bond acceptors (Lipinski definition) is 0. The van der Waals surface area contributed by atoms with E-state index >= 15 is 0 Å². The van der Waals surface area contributed by atoms with Crippen molar-refractivity contribution in [3.8, 4) is 0 Å². The fraction of sp³-hybridized carbons (Fsp3) is 0.200. The van der Waals surface area contributed by atoms with Crippen molar-refractivity contribution in [2.45, 2.75) is 0 Å². The Hall–Kier alpha value is -0.0900. The summed E-state index contributed by atoms with van der Waals surface area (Å²) in [5.41, 5.74) is 0. The Bertz CT molecular complexity index is 69.9. The van der Waals surface area contributed by atoms with Crippen molar-refractivity contribution in [2.24, 2.45) is 0 Å². The van der Waals surface area contributed by atoms with Gasteiger partial charge in [0.15, 0.2) is 0 Å². The van der Waals surface area contributed by atoms with E-state index in [-0.39, 0.29) is 0 Å². The average Bonchev–Trinajstić information content (AvgIpc) is 1.72. The van der Waals surface area contributed by atoms with Crippen LogP contribution in [0.3, 0.4) is 0 Å². The Morgan fingerprint density at radius 2 is 2.33 bits per heavy atom. The smallest absolute Gasteiger partial charge is 0.0134 e. The van der Waals surface area contributed by atoms with Gasteiger partial charge in [-0.1, -0.05) is 32.6 Å². The van der Waals surface area contributed by atoms with Crippen LogP contribution in [0.2, 0.25) is 0 Å². The van der Waals surface area contributed by atoms with Crippen molar-refractivity contribution in [3.05, 3.63) is 24.0 Å². The maximum Gasteiger partial charge on any atom is -0.0134 e. The lowest BCUT2D eigenvalue weighted by Gasteiger charge is -1.88. The first kappa shape index (κ1) is 4.08. The molecule has 1 unspecified atom stereocenters. The summed E-state index contributed by atoms with van der Waals surface area (Å²) in [6.07, 6.45) is 7.65. The van der Waals surface area contributed by atoms with Crippen LogP contribution < -0.4 is 0 Å². The van der Waals surface area contributed by atoms with Gasteiger partial charge in [0.25, 0.3) is 0 Å². The molecule has 1 aliphatic heterocycles. The molecule has 0 amide bonds. The molecule has 1 heteroatoms. The summed E-state index contributed by atoms with van der Waals surface area (Å²) in [5, 5.41) is 0. The van der Waals surface area contributed by atoms with Gasteiger partial charge >= 0.3 is 0 Å². The Morgan fingerprint density at radius 3 is 2.50 bits per heavy atom. The molecule has 0 N–H and O–H groups in total. The van der Waals surface area contributed by atoms with E-state index in [0.717, 1.165) is 8.58 Å². The highest BCUT2D eigenvalue weighted by molar-refractivity contribution is 7.41. The van der Waals surface area contributed by atoms with Gasteiger partial charge < -0.3 is 0 Å². The molecule has 1 aliphatic rings. The van der Waals surface area contributed by atoms with Crippen LogP contribution >= 0.6 is 8.58 Å². The van der Waals surface area contributed by atoms with Crippen LogP contribution in [-0.4, -0.2) is 6.16 Å². The molecule has 0 aromatic carbocycles. The monoisotopic (exact) mass is 98.0 g/mol. The molecule has 0 spiro atoms. The fourth-order valence-electron chi connectivity index (χ4n) is 0.406. The lowest BCUT2D eigenvalue weighted by atomic mass is 10.5. The van der Waals surface area contributed by atoms with Gasteiger partial charge in [-0.3, -0.25) is 0 Å². The average molecular weight is 98.1 g/mol. The first-order valence-electron chi connectivity index (χ1n) is 2.05. The second-order valence-corrected chi connectivity index (χ2v) is 2.35. The zero-order valence-electron chi connectivity index (χ0n) is 3.52. The molecule has 0 bridgehead atoms. The van der Waals surface area contributed by atoms with Gasteiger partial charge in [0, 0.05) is 0 Å². The zero-order chi connectivity index (χ0) is 4.24. The minimum atomic E-state index is 1.03. The van der Waals surface area contributed by atoms with Gasteiger partial charge in [-0.05, 0) is 6.16 Å². The molecule has 32 valence electrons.